The van der Waals surface area contributed by atoms with Crippen LogP contribution in [0.15, 0.2) is 0 Å². The van der Waals surface area contributed by atoms with Crippen LogP contribution in [0.3, 0.4) is 0 Å². The third-order valence-corrected chi connectivity index (χ3v) is 3.40. The first kappa shape index (κ1) is 13.1. The molecule has 6 nitrogen and oxygen atoms in total. The van der Waals surface area contributed by atoms with E-state index in [1.54, 1.807) is 11.8 Å². The summed E-state index contributed by atoms with van der Waals surface area (Å²) in [6.45, 7) is 5.68. The molecule has 0 spiro atoms. The van der Waals surface area contributed by atoms with Gasteiger partial charge in [-0.3, -0.25) is 4.79 Å². The first-order chi connectivity index (χ1) is 8.72. The monoisotopic (exact) mass is 256 g/mol. The fourth-order valence-electron chi connectivity index (χ4n) is 2.31. The molecule has 18 heavy (non-hydrogen) atoms. The second kappa shape index (κ2) is 6.04. The van der Waals surface area contributed by atoms with Crippen molar-refractivity contribution in [3.8, 4) is 0 Å². The summed E-state index contributed by atoms with van der Waals surface area (Å²) >= 11 is 0. The molecular weight excluding hydrogens is 236 g/mol. The Labute approximate surface area is 107 Å². The molecule has 0 aromatic heterocycles. The minimum Gasteiger partial charge on any atom is -0.450 e. The molecule has 1 atom stereocenters. The van der Waals surface area contributed by atoms with E-state index in [9.17, 15) is 9.59 Å². The maximum Gasteiger partial charge on any atom is 0.409 e. The Morgan fingerprint density at radius 1 is 1.22 bits per heavy atom. The van der Waals surface area contributed by atoms with Crippen LogP contribution in [0, 0.1) is 5.92 Å². The number of carbonyl (C=O) groups is 2. The summed E-state index contributed by atoms with van der Waals surface area (Å²) in [4.78, 5) is 27.1. The van der Waals surface area contributed by atoms with E-state index in [0.29, 0.717) is 46.0 Å². The summed E-state index contributed by atoms with van der Waals surface area (Å²) in [6, 6.07) is 0. The van der Waals surface area contributed by atoms with Gasteiger partial charge in [-0.05, 0) is 13.3 Å². The smallest absolute Gasteiger partial charge is 0.409 e. The van der Waals surface area contributed by atoms with E-state index in [0.717, 1.165) is 6.42 Å². The van der Waals surface area contributed by atoms with Crippen LogP contribution in [0.25, 0.3) is 0 Å². The average Bonchev–Trinajstić information content (AvgIpc) is 2.92. The van der Waals surface area contributed by atoms with Crippen molar-refractivity contribution in [2.24, 2.45) is 5.92 Å². The highest BCUT2D eigenvalue weighted by Crippen LogP contribution is 2.16. The quantitative estimate of drug-likeness (QED) is 0.714. The van der Waals surface area contributed by atoms with Gasteiger partial charge in [0.05, 0.1) is 19.1 Å². The summed E-state index contributed by atoms with van der Waals surface area (Å²) < 4.78 is 10.2. The molecule has 0 N–H and O–H groups in total. The van der Waals surface area contributed by atoms with Gasteiger partial charge >= 0.3 is 6.09 Å². The van der Waals surface area contributed by atoms with Crippen molar-refractivity contribution >= 4 is 12.0 Å². The van der Waals surface area contributed by atoms with E-state index in [1.165, 1.54) is 0 Å². The van der Waals surface area contributed by atoms with Crippen LogP contribution in [0.2, 0.25) is 0 Å². The van der Waals surface area contributed by atoms with Crippen molar-refractivity contribution < 1.29 is 19.1 Å². The maximum atomic E-state index is 12.1. The second-order valence-corrected chi connectivity index (χ2v) is 4.57. The predicted octanol–water partition coefficient (Wildman–Crippen LogP) is 0.324. The fourth-order valence-corrected chi connectivity index (χ4v) is 2.31. The summed E-state index contributed by atoms with van der Waals surface area (Å²) in [6.07, 6.45) is 0.533. The van der Waals surface area contributed by atoms with Crippen molar-refractivity contribution in [1.29, 1.82) is 0 Å². The molecule has 1 unspecified atom stereocenters. The number of hydrogen-bond donors (Lipinski definition) is 0. The maximum absolute atomic E-state index is 12.1. The minimum absolute atomic E-state index is 0.0131. The van der Waals surface area contributed by atoms with Gasteiger partial charge in [-0.25, -0.2) is 4.79 Å². The third-order valence-electron chi connectivity index (χ3n) is 3.40. The zero-order valence-corrected chi connectivity index (χ0v) is 10.8. The van der Waals surface area contributed by atoms with Crippen molar-refractivity contribution in [1.82, 2.24) is 9.80 Å². The van der Waals surface area contributed by atoms with E-state index < -0.39 is 0 Å². The van der Waals surface area contributed by atoms with E-state index >= 15 is 0 Å². The summed E-state index contributed by atoms with van der Waals surface area (Å²) in [5.41, 5.74) is 0. The first-order valence-electron chi connectivity index (χ1n) is 6.50. The SMILES string of the molecule is CCOC(=O)N1CCN(C(=O)C2CCOC2)CC1. The molecule has 0 bridgehead atoms. The van der Waals surface area contributed by atoms with Gasteiger partial charge < -0.3 is 19.3 Å². The van der Waals surface area contributed by atoms with Crippen molar-refractivity contribution in [3.05, 3.63) is 0 Å². The Hall–Kier alpha value is -1.30. The van der Waals surface area contributed by atoms with Crippen LogP contribution in [0.1, 0.15) is 13.3 Å². The Morgan fingerprint density at radius 3 is 2.44 bits per heavy atom. The lowest BCUT2D eigenvalue weighted by Crippen LogP contribution is -2.52. The average molecular weight is 256 g/mol. The van der Waals surface area contributed by atoms with E-state index in [4.69, 9.17) is 9.47 Å². The van der Waals surface area contributed by atoms with Crippen molar-refractivity contribution in [3.63, 3.8) is 0 Å². The molecule has 6 heteroatoms. The van der Waals surface area contributed by atoms with Crippen molar-refractivity contribution in [2.75, 3.05) is 46.0 Å². The molecule has 0 saturated carbocycles. The molecule has 0 aromatic rings. The molecule has 0 radical (unpaired) electrons. The molecule has 2 rings (SSSR count). The lowest BCUT2D eigenvalue weighted by atomic mass is 10.1. The standard InChI is InChI=1S/C12H20N2O4/c1-2-18-12(16)14-6-4-13(5-7-14)11(15)10-3-8-17-9-10/h10H,2-9H2,1H3. The van der Waals surface area contributed by atoms with Crippen LogP contribution >= 0.6 is 0 Å². The lowest BCUT2D eigenvalue weighted by molar-refractivity contribution is -0.137. The molecular formula is C12H20N2O4. The van der Waals surface area contributed by atoms with Gasteiger partial charge in [0, 0.05) is 32.8 Å². The predicted molar refractivity (Wildman–Crippen MR) is 64.1 cm³/mol. The normalized spacial score (nSPS) is 24.2. The van der Waals surface area contributed by atoms with E-state index in [2.05, 4.69) is 0 Å². The first-order valence-corrected chi connectivity index (χ1v) is 6.50. The molecule has 2 amide bonds. The summed E-state index contributed by atoms with van der Waals surface area (Å²) in [7, 11) is 0. The number of amides is 2. The molecule has 102 valence electrons. The Morgan fingerprint density at radius 2 is 1.89 bits per heavy atom. The Balaban J connectivity index is 1.79. The summed E-state index contributed by atoms with van der Waals surface area (Å²) in [5, 5.41) is 0. The molecule has 0 aromatic carbocycles. The number of rotatable bonds is 2. The van der Waals surface area contributed by atoms with Gasteiger partial charge in [0.15, 0.2) is 0 Å². The van der Waals surface area contributed by atoms with Crippen LogP contribution < -0.4 is 0 Å². The minimum atomic E-state index is -0.284. The van der Waals surface area contributed by atoms with Crippen LogP contribution in [0.4, 0.5) is 4.79 Å². The van der Waals surface area contributed by atoms with Crippen LogP contribution in [-0.2, 0) is 14.3 Å². The molecule has 2 aliphatic heterocycles. The summed E-state index contributed by atoms with van der Waals surface area (Å²) in [5.74, 6) is 0.176. The highest BCUT2D eigenvalue weighted by atomic mass is 16.6. The van der Waals surface area contributed by atoms with Gasteiger partial charge in [0.25, 0.3) is 0 Å². The van der Waals surface area contributed by atoms with Gasteiger partial charge in [-0.1, -0.05) is 0 Å². The Bertz CT molecular complexity index is 307. The Kier molecular flexibility index (Phi) is 4.41. The number of nitrogens with zero attached hydrogens (tertiary/aromatic N) is 2. The van der Waals surface area contributed by atoms with Gasteiger partial charge in [0.2, 0.25) is 5.91 Å². The van der Waals surface area contributed by atoms with Gasteiger partial charge in [-0.15, -0.1) is 0 Å². The second-order valence-electron chi connectivity index (χ2n) is 4.57. The van der Waals surface area contributed by atoms with Crippen LogP contribution in [0.5, 0.6) is 0 Å². The number of piperazine rings is 1. The largest absolute Gasteiger partial charge is 0.450 e. The molecule has 2 saturated heterocycles. The molecule has 2 fully saturated rings. The van der Waals surface area contributed by atoms with Gasteiger partial charge in [0.1, 0.15) is 0 Å². The number of ether oxygens (including phenoxy) is 2. The van der Waals surface area contributed by atoms with Crippen LogP contribution in [-0.4, -0.2) is 67.8 Å². The fraction of sp³-hybridized carbons (Fsp3) is 0.833. The third kappa shape index (κ3) is 2.93. The molecule has 0 aliphatic carbocycles. The molecule has 2 heterocycles. The molecule has 2 aliphatic rings. The topological polar surface area (TPSA) is 59.1 Å². The lowest BCUT2D eigenvalue weighted by Gasteiger charge is -2.35. The highest BCUT2D eigenvalue weighted by molar-refractivity contribution is 5.79. The number of carbonyl (C=O) groups excluding carboxylic acids is 2. The zero-order valence-electron chi connectivity index (χ0n) is 10.8. The van der Waals surface area contributed by atoms with Crippen molar-refractivity contribution in [2.45, 2.75) is 13.3 Å². The highest BCUT2D eigenvalue weighted by Gasteiger charge is 2.31. The van der Waals surface area contributed by atoms with Gasteiger partial charge in [-0.2, -0.15) is 0 Å². The van der Waals surface area contributed by atoms with E-state index in [-0.39, 0.29) is 17.9 Å². The number of hydrogen-bond acceptors (Lipinski definition) is 4. The zero-order chi connectivity index (χ0) is 13.0. The van der Waals surface area contributed by atoms with E-state index in [1.807, 2.05) is 4.90 Å².